The van der Waals surface area contributed by atoms with Gasteiger partial charge in [0.2, 0.25) is 0 Å². The summed E-state index contributed by atoms with van der Waals surface area (Å²) in [7, 11) is 0. The van der Waals surface area contributed by atoms with Gasteiger partial charge in [0.1, 0.15) is 18.5 Å². The monoisotopic (exact) mass is 193 g/mol. The third kappa shape index (κ3) is 3.07. The summed E-state index contributed by atoms with van der Waals surface area (Å²) in [4.78, 5) is 20.1. The Morgan fingerprint density at radius 3 is 2.00 bits per heavy atom. The van der Waals surface area contributed by atoms with Crippen LogP contribution in [0.2, 0.25) is 0 Å². The summed E-state index contributed by atoms with van der Waals surface area (Å²) in [5.41, 5.74) is 4.97. The number of carboxylic acid groups (broad SMARTS) is 1. The minimum absolute atomic E-state index is 0.141. The molecule has 0 rings (SSSR count). The van der Waals surface area contributed by atoms with Gasteiger partial charge in [0.05, 0.1) is 6.04 Å². The van der Waals surface area contributed by atoms with Crippen LogP contribution in [0, 0.1) is 0 Å². The van der Waals surface area contributed by atoms with E-state index in [2.05, 4.69) is 0 Å². The molecule has 0 aliphatic heterocycles. The summed E-state index contributed by atoms with van der Waals surface area (Å²) in [5, 5.41) is 34.8. The zero-order valence-corrected chi connectivity index (χ0v) is 6.57. The first-order chi connectivity index (χ1) is 5.91. The van der Waals surface area contributed by atoms with E-state index in [4.69, 9.17) is 26.2 Å². The quantitative estimate of drug-likeness (QED) is 0.287. The van der Waals surface area contributed by atoms with E-state index in [1.54, 1.807) is 0 Å². The van der Waals surface area contributed by atoms with Gasteiger partial charge >= 0.3 is 5.97 Å². The summed E-state index contributed by atoms with van der Waals surface area (Å²) in [5.74, 6) is -1.70. The molecule has 0 radical (unpaired) electrons. The zero-order chi connectivity index (χ0) is 10.6. The van der Waals surface area contributed by atoms with Crippen molar-refractivity contribution in [1.29, 1.82) is 0 Å². The smallest absolute Gasteiger partial charge is 0.335 e. The maximum Gasteiger partial charge on any atom is 0.335 e. The second kappa shape index (κ2) is 4.87. The third-order valence-corrected chi connectivity index (χ3v) is 1.48. The van der Waals surface area contributed by atoms with Crippen molar-refractivity contribution in [2.45, 2.75) is 24.4 Å². The summed E-state index contributed by atoms with van der Waals surface area (Å²) in [6.45, 7) is 0. The summed E-state index contributed by atoms with van der Waals surface area (Å²) in [6.07, 6.45) is -5.81. The predicted molar refractivity (Wildman–Crippen MR) is 39.7 cm³/mol. The normalized spacial score (nSPS) is 20.0. The zero-order valence-electron chi connectivity index (χ0n) is 6.57. The van der Waals surface area contributed by atoms with Crippen LogP contribution in [0.15, 0.2) is 0 Å². The van der Waals surface area contributed by atoms with Crippen LogP contribution in [0.3, 0.4) is 0 Å². The van der Waals surface area contributed by atoms with Gasteiger partial charge in [-0.15, -0.1) is 0 Å². The first kappa shape index (κ1) is 12.0. The highest BCUT2D eigenvalue weighted by molar-refractivity contribution is 5.73. The van der Waals surface area contributed by atoms with E-state index in [0.29, 0.717) is 0 Å². The van der Waals surface area contributed by atoms with Gasteiger partial charge < -0.3 is 31.0 Å². The van der Waals surface area contributed by atoms with Crippen molar-refractivity contribution in [3.63, 3.8) is 0 Å². The summed E-state index contributed by atoms with van der Waals surface area (Å²) < 4.78 is 0. The van der Waals surface area contributed by atoms with Gasteiger partial charge in [0.15, 0.2) is 6.10 Å². The van der Waals surface area contributed by atoms with Gasteiger partial charge in [-0.2, -0.15) is 0 Å². The Bertz CT molecular complexity index is 196. The van der Waals surface area contributed by atoms with Crippen LogP contribution < -0.4 is 5.73 Å². The lowest BCUT2D eigenvalue weighted by Gasteiger charge is -2.21. The second-order valence-corrected chi connectivity index (χ2v) is 2.48. The molecule has 6 N–H and O–H groups in total. The molecule has 0 bridgehead atoms. The Balaban J connectivity index is 4.32. The number of nitrogens with two attached hydrogens (primary N) is 1. The summed E-state index contributed by atoms with van der Waals surface area (Å²) in [6, 6.07) is -1.43. The Labute approximate surface area is 73.4 Å². The standard InChI is InChI=1S/C6H11NO6/c7-2(1-8)3(9)4(10)5(11)6(12)13/h1-5,9-11H,7H2,(H,12,13)/t2-,3-,4-,5+/m0/s1. The number of carbonyl (C=O) groups is 2. The molecule has 0 saturated carbocycles. The lowest BCUT2D eigenvalue weighted by atomic mass is 10.0. The number of aliphatic hydroxyl groups excluding tert-OH is 3. The Morgan fingerprint density at radius 2 is 1.69 bits per heavy atom. The molecule has 0 amide bonds. The van der Waals surface area contributed by atoms with E-state index >= 15 is 0 Å². The molecule has 0 aromatic heterocycles. The van der Waals surface area contributed by atoms with Crippen LogP contribution in [0.25, 0.3) is 0 Å². The van der Waals surface area contributed by atoms with Crippen LogP contribution >= 0.6 is 0 Å². The van der Waals surface area contributed by atoms with Crippen LogP contribution in [0.4, 0.5) is 0 Å². The van der Waals surface area contributed by atoms with Gasteiger partial charge in [-0.1, -0.05) is 0 Å². The van der Waals surface area contributed by atoms with Crippen molar-refractivity contribution in [3.05, 3.63) is 0 Å². The largest absolute Gasteiger partial charge is 0.479 e. The molecule has 7 heteroatoms. The van der Waals surface area contributed by atoms with Crippen LogP contribution in [-0.4, -0.2) is 57.0 Å². The molecule has 0 spiro atoms. The van der Waals surface area contributed by atoms with E-state index in [1.807, 2.05) is 0 Å². The third-order valence-electron chi connectivity index (χ3n) is 1.48. The highest BCUT2D eigenvalue weighted by Gasteiger charge is 2.33. The van der Waals surface area contributed by atoms with E-state index in [9.17, 15) is 9.59 Å². The van der Waals surface area contributed by atoms with E-state index in [0.717, 1.165) is 0 Å². The predicted octanol–water partition coefficient (Wildman–Crippen LogP) is -3.32. The van der Waals surface area contributed by atoms with E-state index < -0.39 is 30.3 Å². The van der Waals surface area contributed by atoms with Crippen molar-refractivity contribution >= 4 is 12.3 Å². The van der Waals surface area contributed by atoms with Crippen molar-refractivity contribution < 1.29 is 30.0 Å². The Morgan fingerprint density at radius 1 is 1.23 bits per heavy atom. The van der Waals surface area contributed by atoms with Crippen LogP contribution in [0.5, 0.6) is 0 Å². The SMILES string of the molecule is N[C@@H](C=O)[C@H](O)[C@H](O)[C@@H](O)C(=O)O. The van der Waals surface area contributed by atoms with Gasteiger partial charge in [-0.3, -0.25) is 0 Å². The molecule has 7 nitrogen and oxygen atoms in total. The van der Waals surface area contributed by atoms with Crippen molar-refractivity contribution in [1.82, 2.24) is 0 Å². The van der Waals surface area contributed by atoms with Crippen LogP contribution in [-0.2, 0) is 9.59 Å². The molecule has 0 aliphatic carbocycles. The average molecular weight is 193 g/mol. The maximum absolute atomic E-state index is 10.1. The number of aliphatic carboxylic acids is 1. The first-order valence-corrected chi connectivity index (χ1v) is 3.39. The number of rotatable bonds is 5. The Kier molecular flexibility index (Phi) is 4.49. The molecule has 0 aromatic carbocycles. The average Bonchev–Trinajstić information content (AvgIpc) is 2.12. The molecule has 13 heavy (non-hydrogen) atoms. The molecule has 76 valence electrons. The first-order valence-electron chi connectivity index (χ1n) is 3.39. The molecule has 0 aliphatic rings. The molecule has 0 fully saturated rings. The molecule has 4 atom stereocenters. The maximum atomic E-state index is 10.1. The minimum Gasteiger partial charge on any atom is -0.479 e. The van der Waals surface area contributed by atoms with Gasteiger partial charge in [-0.05, 0) is 0 Å². The number of carbonyl (C=O) groups excluding carboxylic acids is 1. The molecule has 0 saturated heterocycles. The lowest BCUT2D eigenvalue weighted by Crippen LogP contribution is -2.51. The van der Waals surface area contributed by atoms with Gasteiger partial charge in [0, 0.05) is 0 Å². The molecule has 0 aromatic rings. The van der Waals surface area contributed by atoms with Crippen LogP contribution in [0.1, 0.15) is 0 Å². The Hall–Kier alpha value is -1.02. The van der Waals surface area contributed by atoms with Crippen molar-refractivity contribution in [2.75, 3.05) is 0 Å². The molecular formula is C6H11NO6. The highest BCUT2D eigenvalue weighted by atomic mass is 16.4. The van der Waals surface area contributed by atoms with E-state index in [-0.39, 0.29) is 6.29 Å². The fourth-order valence-electron chi connectivity index (χ4n) is 0.641. The molecule has 0 unspecified atom stereocenters. The molecule has 0 heterocycles. The fraction of sp³-hybridized carbons (Fsp3) is 0.667. The lowest BCUT2D eigenvalue weighted by molar-refractivity contribution is -0.159. The van der Waals surface area contributed by atoms with Gasteiger partial charge in [-0.25, -0.2) is 4.79 Å². The number of carboxylic acids is 1. The molecular weight excluding hydrogens is 182 g/mol. The van der Waals surface area contributed by atoms with Gasteiger partial charge in [0.25, 0.3) is 0 Å². The number of aldehydes is 1. The second-order valence-electron chi connectivity index (χ2n) is 2.48. The van der Waals surface area contributed by atoms with Crippen molar-refractivity contribution in [2.24, 2.45) is 5.73 Å². The highest BCUT2D eigenvalue weighted by Crippen LogP contribution is 2.02. The number of aliphatic hydroxyl groups is 3. The van der Waals surface area contributed by atoms with E-state index in [1.165, 1.54) is 0 Å². The topological polar surface area (TPSA) is 141 Å². The fourth-order valence-corrected chi connectivity index (χ4v) is 0.641. The van der Waals surface area contributed by atoms with Crippen molar-refractivity contribution in [3.8, 4) is 0 Å². The number of hydrogen-bond donors (Lipinski definition) is 5. The number of hydrogen-bond acceptors (Lipinski definition) is 6. The minimum atomic E-state index is -2.17. The summed E-state index contributed by atoms with van der Waals surface area (Å²) >= 11 is 0.